The van der Waals surface area contributed by atoms with Crippen molar-refractivity contribution in [1.29, 1.82) is 0 Å². The maximum absolute atomic E-state index is 11.2. The molecule has 1 atom stereocenters. The van der Waals surface area contributed by atoms with Gasteiger partial charge in [-0.25, -0.2) is 0 Å². The van der Waals surface area contributed by atoms with Gasteiger partial charge in [-0.15, -0.1) is 12.4 Å². The molecule has 3 N–H and O–H groups in total. The fraction of sp³-hybridized carbons (Fsp3) is 0.533. The number of rotatable bonds is 5. The number of hydrogen-bond donors (Lipinski definition) is 2. The van der Waals surface area contributed by atoms with Crippen molar-refractivity contribution in [2.75, 3.05) is 13.2 Å². The number of hydrogen-bond acceptors (Lipinski definition) is 3. The van der Waals surface area contributed by atoms with Gasteiger partial charge in [0, 0.05) is 0 Å². The van der Waals surface area contributed by atoms with Crippen molar-refractivity contribution in [3.05, 3.63) is 29.8 Å². The van der Waals surface area contributed by atoms with Gasteiger partial charge in [-0.3, -0.25) is 4.79 Å². The molecule has 0 radical (unpaired) electrons. The average molecular weight is 301 g/mol. The van der Waals surface area contributed by atoms with Crippen molar-refractivity contribution in [2.45, 2.75) is 39.2 Å². The molecular weight excluding hydrogens is 276 g/mol. The van der Waals surface area contributed by atoms with E-state index in [0.29, 0.717) is 13.2 Å². The lowest BCUT2D eigenvalue weighted by Gasteiger charge is -2.19. The topological polar surface area (TPSA) is 64.4 Å². The minimum atomic E-state index is -0.480. The molecular formula is C15H25ClN2O2. The van der Waals surface area contributed by atoms with Crippen LogP contribution in [0.15, 0.2) is 24.3 Å². The van der Waals surface area contributed by atoms with E-state index in [1.54, 1.807) is 6.92 Å². The van der Waals surface area contributed by atoms with Crippen molar-refractivity contribution in [3.8, 4) is 5.75 Å². The van der Waals surface area contributed by atoms with Crippen molar-refractivity contribution in [2.24, 2.45) is 5.73 Å². The Bertz CT molecular complexity index is 411. The van der Waals surface area contributed by atoms with Gasteiger partial charge in [0.2, 0.25) is 5.91 Å². The molecule has 0 saturated heterocycles. The Labute approximate surface area is 127 Å². The Hall–Kier alpha value is -1.26. The summed E-state index contributed by atoms with van der Waals surface area (Å²) in [6.45, 7) is 9.07. The molecule has 0 bridgehead atoms. The highest BCUT2D eigenvalue weighted by molar-refractivity contribution is 5.85. The molecule has 114 valence electrons. The molecule has 5 heteroatoms. The summed E-state index contributed by atoms with van der Waals surface area (Å²) in [7, 11) is 0. The van der Waals surface area contributed by atoms with Crippen LogP contribution < -0.4 is 15.8 Å². The first-order valence-corrected chi connectivity index (χ1v) is 6.57. The molecule has 0 aliphatic carbocycles. The average Bonchev–Trinajstić information content (AvgIpc) is 2.33. The van der Waals surface area contributed by atoms with Gasteiger partial charge in [0.05, 0.1) is 12.6 Å². The van der Waals surface area contributed by atoms with E-state index < -0.39 is 6.04 Å². The summed E-state index contributed by atoms with van der Waals surface area (Å²) in [6, 6.07) is 7.55. The van der Waals surface area contributed by atoms with E-state index in [0.717, 1.165) is 5.75 Å². The molecule has 1 aromatic carbocycles. The van der Waals surface area contributed by atoms with E-state index in [1.807, 2.05) is 12.1 Å². The van der Waals surface area contributed by atoms with Gasteiger partial charge in [0.25, 0.3) is 0 Å². The quantitative estimate of drug-likeness (QED) is 0.820. The van der Waals surface area contributed by atoms with Crippen LogP contribution in [0.25, 0.3) is 0 Å². The van der Waals surface area contributed by atoms with E-state index in [1.165, 1.54) is 5.56 Å². The van der Waals surface area contributed by atoms with Crippen LogP contribution in [-0.2, 0) is 10.2 Å². The third-order valence-electron chi connectivity index (χ3n) is 2.80. The first kappa shape index (κ1) is 18.7. The van der Waals surface area contributed by atoms with Crippen LogP contribution in [-0.4, -0.2) is 25.1 Å². The van der Waals surface area contributed by atoms with Gasteiger partial charge in [-0.1, -0.05) is 32.9 Å². The fourth-order valence-corrected chi connectivity index (χ4v) is 1.56. The fourth-order valence-electron chi connectivity index (χ4n) is 1.56. The molecule has 0 spiro atoms. The number of amides is 1. The van der Waals surface area contributed by atoms with Gasteiger partial charge < -0.3 is 15.8 Å². The molecule has 0 aliphatic rings. The molecule has 1 aromatic rings. The normalized spacial score (nSPS) is 12.2. The Morgan fingerprint density at radius 2 is 1.85 bits per heavy atom. The number of carbonyl (C=O) groups excluding carboxylic acids is 1. The molecule has 4 nitrogen and oxygen atoms in total. The summed E-state index contributed by atoms with van der Waals surface area (Å²) in [5.74, 6) is 0.648. The molecule has 1 amide bonds. The highest BCUT2D eigenvalue weighted by atomic mass is 35.5. The Kier molecular flexibility index (Phi) is 7.61. The summed E-state index contributed by atoms with van der Waals surface area (Å²) >= 11 is 0. The largest absolute Gasteiger partial charge is 0.492 e. The van der Waals surface area contributed by atoms with E-state index in [4.69, 9.17) is 10.5 Å². The standard InChI is InChI=1S/C15H24N2O2.ClH/c1-11(16)14(18)17-9-10-19-13-7-5-12(6-8-13)15(2,3)4;/h5-8,11H,9-10,16H2,1-4H3,(H,17,18);1H. The number of halogens is 1. The smallest absolute Gasteiger partial charge is 0.236 e. The summed E-state index contributed by atoms with van der Waals surface area (Å²) in [6.07, 6.45) is 0. The number of benzene rings is 1. The lowest BCUT2D eigenvalue weighted by molar-refractivity contribution is -0.122. The Morgan fingerprint density at radius 3 is 2.30 bits per heavy atom. The lowest BCUT2D eigenvalue weighted by Crippen LogP contribution is -2.40. The van der Waals surface area contributed by atoms with Crippen LogP contribution in [0.2, 0.25) is 0 Å². The van der Waals surface area contributed by atoms with Gasteiger partial charge in [-0.05, 0) is 30.0 Å². The Morgan fingerprint density at radius 1 is 1.30 bits per heavy atom. The zero-order chi connectivity index (χ0) is 14.5. The second kappa shape index (κ2) is 8.12. The van der Waals surface area contributed by atoms with Crippen LogP contribution in [0.3, 0.4) is 0 Å². The van der Waals surface area contributed by atoms with E-state index in [-0.39, 0.29) is 23.7 Å². The third kappa shape index (κ3) is 6.26. The minimum Gasteiger partial charge on any atom is -0.492 e. The monoisotopic (exact) mass is 300 g/mol. The molecule has 0 fully saturated rings. The Balaban J connectivity index is 0.00000361. The van der Waals surface area contributed by atoms with Crippen molar-refractivity contribution in [1.82, 2.24) is 5.32 Å². The second-order valence-corrected chi connectivity index (χ2v) is 5.70. The van der Waals surface area contributed by atoms with Crippen molar-refractivity contribution in [3.63, 3.8) is 0 Å². The molecule has 1 rings (SSSR count). The van der Waals surface area contributed by atoms with E-state index in [9.17, 15) is 4.79 Å². The lowest BCUT2D eigenvalue weighted by atomic mass is 9.87. The molecule has 0 saturated carbocycles. The van der Waals surface area contributed by atoms with E-state index in [2.05, 4.69) is 38.2 Å². The predicted molar refractivity (Wildman–Crippen MR) is 84.5 cm³/mol. The zero-order valence-electron chi connectivity index (χ0n) is 12.6. The zero-order valence-corrected chi connectivity index (χ0v) is 13.4. The second-order valence-electron chi connectivity index (χ2n) is 5.70. The molecule has 0 aromatic heterocycles. The summed E-state index contributed by atoms with van der Waals surface area (Å²) < 4.78 is 5.55. The number of nitrogens with two attached hydrogens (primary N) is 1. The van der Waals surface area contributed by atoms with Gasteiger partial charge in [0.15, 0.2) is 0 Å². The predicted octanol–water partition coefficient (Wildman–Crippen LogP) is 2.25. The minimum absolute atomic E-state index is 0. The maximum atomic E-state index is 11.2. The number of carbonyl (C=O) groups is 1. The highest BCUT2D eigenvalue weighted by Gasteiger charge is 2.12. The first-order chi connectivity index (χ1) is 8.80. The van der Waals surface area contributed by atoms with E-state index >= 15 is 0 Å². The number of ether oxygens (including phenoxy) is 1. The van der Waals surface area contributed by atoms with Crippen LogP contribution in [0.1, 0.15) is 33.3 Å². The first-order valence-electron chi connectivity index (χ1n) is 6.57. The van der Waals surface area contributed by atoms with Crippen molar-refractivity contribution >= 4 is 18.3 Å². The van der Waals surface area contributed by atoms with Crippen LogP contribution in [0.5, 0.6) is 5.75 Å². The molecule has 0 heterocycles. The SMILES string of the molecule is CC(N)C(=O)NCCOc1ccc(C(C)(C)C)cc1.Cl. The van der Waals surface area contributed by atoms with Crippen LogP contribution >= 0.6 is 12.4 Å². The van der Waals surface area contributed by atoms with Crippen LogP contribution in [0.4, 0.5) is 0 Å². The molecule has 0 aliphatic heterocycles. The van der Waals surface area contributed by atoms with Gasteiger partial charge >= 0.3 is 0 Å². The summed E-state index contributed by atoms with van der Waals surface area (Å²) in [4.78, 5) is 11.2. The summed E-state index contributed by atoms with van der Waals surface area (Å²) in [5.41, 5.74) is 6.85. The van der Waals surface area contributed by atoms with Crippen LogP contribution in [0, 0.1) is 0 Å². The highest BCUT2D eigenvalue weighted by Crippen LogP contribution is 2.24. The summed E-state index contributed by atoms with van der Waals surface area (Å²) in [5, 5.41) is 2.70. The maximum Gasteiger partial charge on any atom is 0.236 e. The molecule has 20 heavy (non-hydrogen) atoms. The number of nitrogens with one attached hydrogen (secondary N) is 1. The third-order valence-corrected chi connectivity index (χ3v) is 2.80. The van der Waals surface area contributed by atoms with Crippen molar-refractivity contribution < 1.29 is 9.53 Å². The van der Waals surface area contributed by atoms with Gasteiger partial charge in [0.1, 0.15) is 12.4 Å². The molecule has 1 unspecified atom stereocenters. The van der Waals surface area contributed by atoms with Gasteiger partial charge in [-0.2, -0.15) is 0 Å².